The van der Waals surface area contributed by atoms with E-state index >= 15 is 0 Å². The van der Waals surface area contributed by atoms with Crippen LogP contribution in [0.4, 0.5) is 5.69 Å². The Morgan fingerprint density at radius 1 is 1.32 bits per heavy atom. The number of carbonyl (C=O) groups excluding carboxylic acids is 1. The second-order valence-corrected chi connectivity index (χ2v) is 5.67. The first-order chi connectivity index (χ1) is 8.62. The summed E-state index contributed by atoms with van der Waals surface area (Å²) in [5, 5.41) is 11.6. The maximum Gasteiger partial charge on any atom is 0.335 e. The summed E-state index contributed by atoms with van der Waals surface area (Å²) in [7, 11) is 0. The molecular formula is C14H20N2O3. The summed E-state index contributed by atoms with van der Waals surface area (Å²) < 4.78 is 0. The average Bonchev–Trinajstić information content (AvgIpc) is 2.26. The standard InChI is InChI=1S/C14H20N2O3/c1-8-7-9(5-6-10(8)13(18)19)16-12(17)11(15)14(2,3)4/h5-7,11H,15H2,1-4H3,(H,16,17)(H,18,19)/t11-/m0/s1. The van der Waals surface area contributed by atoms with Gasteiger partial charge in [-0.25, -0.2) is 4.79 Å². The Morgan fingerprint density at radius 2 is 1.89 bits per heavy atom. The van der Waals surface area contributed by atoms with E-state index in [0.29, 0.717) is 11.3 Å². The van der Waals surface area contributed by atoms with Crippen LogP contribution in [0.15, 0.2) is 18.2 Å². The molecule has 0 heterocycles. The summed E-state index contributed by atoms with van der Waals surface area (Å²) in [5.41, 5.74) is 6.88. The highest BCUT2D eigenvalue weighted by Crippen LogP contribution is 2.20. The van der Waals surface area contributed by atoms with Crippen molar-refractivity contribution < 1.29 is 14.7 Å². The van der Waals surface area contributed by atoms with Gasteiger partial charge in [-0.1, -0.05) is 20.8 Å². The van der Waals surface area contributed by atoms with E-state index in [-0.39, 0.29) is 16.9 Å². The zero-order valence-corrected chi connectivity index (χ0v) is 11.7. The number of carboxylic acid groups (broad SMARTS) is 1. The molecule has 1 aromatic rings. The van der Waals surface area contributed by atoms with E-state index in [0.717, 1.165) is 0 Å². The molecular weight excluding hydrogens is 244 g/mol. The third-order valence-electron chi connectivity index (χ3n) is 2.94. The molecule has 0 aliphatic carbocycles. The lowest BCUT2D eigenvalue weighted by Gasteiger charge is -2.25. The molecule has 19 heavy (non-hydrogen) atoms. The van der Waals surface area contributed by atoms with Crippen molar-refractivity contribution in [3.8, 4) is 0 Å². The number of aromatic carboxylic acids is 1. The van der Waals surface area contributed by atoms with Gasteiger partial charge >= 0.3 is 5.97 Å². The van der Waals surface area contributed by atoms with Gasteiger partial charge in [-0.05, 0) is 36.1 Å². The molecule has 0 saturated heterocycles. The molecule has 0 aromatic heterocycles. The van der Waals surface area contributed by atoms with Crippen LogP contribution in [-0.4, -0.2) is 23.0 Å². The molecule has 5 nitrogen and oxygen atoms in total. The van der Waals surface area contributed by atoms with E-state index in [1.54, 1.807) is 19.1 Å². The third-order valence-corrected chi connectivity index (χ3v) is 2.94. The fraction of sp³-hybridized carbons (Fsp3) is 0.429. The maximum absolute atomic E-state index is 11.9. The Balaban J connectivity index is 2.87. The van der Waals surface area contributed by atoms with Crippen LogP contribution in [0.5, 0.6) is 0 Å². The zero-order valence-electron chi connectivity index (χ0n) is 11.7. The second-order valence-electron chi connectivity index (χ2n) is 5.67. The van der Waals surface area contributed by atoms with Crippen LogP contribution in [0, 0.1) is 12.3 Å². The van der Waals surface area contributed by atoms with Crippen molar-refractivity contribution in [3.63, 3.8) is 0 Å². The summed E-state index contributed by atoms with van der Waals surface area (Å²) >= 11 is 0. The Kier molecular flexibility index (Phi) is 4.32. The summed E-state index contributed by atoms with van der Waals surface area (Å²) in [5.74, 6) is -1.27. The summed E-state index contributed by atoms with van der Waals surface area (Å²) in [6, 6.07) is 4.02. The Morgan fingerprint density at radius 3 is 2.32 bits per heavy atom. The van der Waals surface area contributed by atoms with Crippen molar-refractivity contribution in [1.82, 2.24) is 0 Å². The smallest absolute Gasteiger partial charge is 0.335 e. The molecule has 0 radical (unpaired) electrons. The van der Waals surface area contributed by atoms with E-state index in [9.17, 15) is 9.59 Å². The van der Waals surface area contributed by atoms with Crippen LogP contribution < -0.4 is 11.1 Å². The first kappa shape index (κ1) is 15.2. The first-order valence-corrected chi connectivity index (χ1v) is 6.03. The van der Waals surface area contributed by atoms with Gasteiger partial charge in [0.2, 0.25) is 5.91 Å². The molecule has 1 amide bonds. The minimum atomic E-state index is -0.984. The van der Waals surface area contributed by atoms with Crippen LogP contribution in [-0.2, 0) is 4.79 Å². The van der Waals surface area contributed by atoms with Gasteiger partial charge in [0.05, 0.1) is 11.6 Å². The van der Waals surface area contributed by atoms with Gasteiger partial charge < -0.3 is 16.2 Å². The molecule has 0 aliphatic heterocycles. The molecule has 0 spiro atoms. The van der Waals surface area contributed by atoms with Crippen molar-refractivity contribution >= 4 is 17.6 Å². The van der Waals surface area contributed by atoms with Gasteiger partial charge in [0.25, 0.3) is 0 Å². The number of anilines is 1. The lowest BCUT2D eigenvalue weighted by atomic mass is 9.87. The van der Waals surface area contributed by atoms with Crippen LogP contribution in [0.1, 0.15) is 36.7 Å². The monoisotopic (exact) mass is 264 g/mol. The van der Waals surface area contributed by atoms with Crippen molar-refractivity contribution in [2.75, 3.05) is 5.32 Å². The number of aryl methyl sites for hydroxylation is 1. The molecule has 0 saturated carbocycles. The van der Waals surface area contributed by atoms with Gasteiger partial charge in [0, 0.05) is 5.69 Å². The third kappa shape index (κ3) is 3.79. The normalized spacial score (nSPS) is 12.9. The fourth-order valence-corrected chi connectivity index (χ4v) is 1.59. The predicted octanol–water partition coefficient (Wildman–Crippen LogP) is 2.01. The van der Waals surface area contributed by atoms with E-state index in [2.05, 4.69) is 5.32 Å². The number of rotatable bonds is 3. The number of nitrogens with one attached hydrogen (secondary N) is 1. The Bertz CT molecular complexity index is 504. The second kappa shape index (κ2) is 5.40. The quantitative estimate of drug-likeness (QED) is 0.778. The number of amides is 1. The fourth-order valence-electron chi connectivity index (χ4n) is 1.59. The highest BCUT2D eigenvalue weighted by Gasteiger charge is 2.27. The number of benzene rings is 1. The van der Waals surface area contributed by atoms with Crippen molar-refractivity contribution in [3.05, 3.63) is 29.3 Å². The van der Waals surface area contributed by atoms with Crippen molar-refractivity contribution in [2.24, 2.45) is 11.1 Å². The van der Waals surface area contributed by atoms with E-state index in [1.165, 1.54) is 6.07 Å². The van der Waals surface area contributed by atoms with Gasteiger partial charge in [-0.2, -0.15) is 0 Å². The van der Waals surface area contributed by atoms with Gasteiger partial charge in [-0.3, -0.25) is 4.79 Å². The number of nitrogens with two attached hydrogens (primary N) is 1. The largest absolute Gasteiger partial charge is 0.478 e. The number of carboxylic acids is 1. The van der Waals surface area contributed by atoms with Crippen LogP contribution in [0.2, 0.25) is 0 Å². The molecule has 1 atom stereocenters. The number of hydrogen-bond acceptors (Lipinski definition) is 3. The van der Waals surface area contributed by atoms with Crippen LogP contribution in [0.25, 0.3) is 0 Å². The first-order valence-electron chi connectivity index (χ1n) is 6.03. The van der Waals surface area contributed by atoms with Crippen molar-refractivity contribution in [2.45, 2.75) is 33.7 Å². The molecule has 0 aliphatic rings. The Labute approximate surface area is 112 Å². The minimum absolute atomic E-state index is 0.220. The lowest BCUT2D eigenvalue weighted by molar-refractivity contribution is -0.119. The molecule has 104 valence electrons. The van der Waals surface area contributed by atoms with Crippen LogP contribution in [0.3, 0.4) is 0 Å². The average molecular weight is 264 g/mol. The van der Waals surface area contributed by atoms with Gasteiger partial charge in [0.1, 0.15) is 0 Å². The minimum Gasteiger partial charge on any atom is -0.478 e. The number of hydrogen-bond donors (Lipinski definition) is 3. The SMILES string of the molecule is Cc1cc(NC(=O)[C@H](N)C(C)(C)C)ccc1C(=O)O. The number of carbonyl (C=O) groups is 2. The Hall–Kier alpha value is -1.88. The summed E-state index contributed by atoms with van der Waals surface area (Å²) in [6.07, 6.45) is 0. The molecule has 4 N–H and O–H groups in total. The van der Waals surface area contributed by atoms with Gasteiger partial charge in [0.15, 0.2) is 0 Å². The van der Waals surface area contributed by atoms with Crippen molar-refractivity contribution in [1.29, 1.82) is 0 Å². The van der Waals surface area contributed by atoms with E-state index in [1.807, 2.05) is 20.8 Å². The highest BCUT2D eigenvalue weighted by atomic mass is 16.4. The van der Waals surface area contributed by atoms with E-state index < -0.39 is 12.0 Å². The summed E-state index contributed by atoms with van der Waals surface area (Å²) in [6.45, 7) is 7.34. The lowest BCUT2D eigenvalue weighted by Crippen LogP contribution is -2.45. The molecule has 1 rings (SSSR count). The molecule has 5 heteroatoms. The van der Waals surface area contributed by atoms with Gasteiger partial charge in [-0.15, -0.1) is 0 Å². The molecule has 0 unspecified atom stereocenters. The maximum atomic E-state index is 11.9. The van der Waals surface area contributed by atoms with Crippen LogP contribution >= 0.6 is 0 Å². The van der Waals surface area contributed by atoms with E-state index in [4.69, 9.17) is 10.8 Å². The molecule has 1 aromatic carbocycles. The summed E-state index contributed by atoms with van der Waals surface area (Å²) in [4.78, 5) is 22.8. The molecule has 0 bridgehead atoms. The topological polar surface area (TPSA) is 92.4 Å². The predicted molar refractivity (Wildman–Crippen MR) is 74.2 cm³/mol. The highest BCUT2D eigenvalue weighted by molar-refractivity contribution is 5.96. The molecule has 0 fully saturated rings. The zero-order chi connectivity index (χ0) is 14.8.